The van der Waals surface area contributed by atoms with Gasteiger partial charge in [-0.05, 0) is 12.1 Å². The molecule has 1 fully saturated rings. The third-order valence-corrected chi connectivity index (χ3v) is 5.30. The van der Waals surface area contributed by atoms with E-state index in [-0.39, 0.29) is 5.91 Å². The second kappa shape index (κ2) is 8.26. The Kier molecular flexibility index (Phi) is 5.39. The van der Waals surface area contributed by atoms with Crippen LogP contribution in [0.4, 0.5) is 5.82 Å². The maximum Gasteiger partial charge on any atom is 0.256 e. The minimum Gasteiger partial charge on any atom is -0.467 e. The second-order valence-corrected chi connectivity index (χ2v) is 7.38. The first-order valence-electron chi connectivity index (χ1n) is 8.87. The average molecular weight is 380 g/mol. The van der Waals surface area contributed by atoms with Gasteiger partial charge in [-0.2, -0.15) is 11.8 Å². The van der Waals surface area contributed by atoms with E-state index in [1.54, 1.807) is 18.5 Å². The number of nitrogens with zero attached hydrogens (tertiary/aromatic N) is 3. The summed E-state index contributed by atoms with van der Waals surface area (Å²) in [5, 5.41) is 2.90. The highest BCUT2D eigenvalue weighted by molar-refractivity contribution is 7.99. The van der Waals surface area contributed by atoms with Crippen LogP contribution in [0.25, 0.3) is 11.4 Å². The lowest BCUT2D eigenvalue weighted by Gasteiger charge is -2.29. The van der Waals surface area contributed by atoms with Crippen molar-refractivity contribution in [3.63, 3.8) is 0 Å². The van der Waals surface area contributed by atoms with Crippen molar-refractivity contribution in [3.8, 4) is 11.4 Å². The van der Waals surface area contributed by atoms with Crippen LogP contribution in [0.1, 0.15) is 16.1 Å². The molecule has 0 atom stereocenters. The zero-order valence-electron chi connectivity index (χ0n) is 14.8. The van der Waals surface area contributed by atoms with Crippen LogP contribution in [-0.4, -0.2) is 40.5 Å². The van der Waals surface area contributed by atoms with E-state index in [0.717, 1.165) is 30.2 Å². The molecule has 0 saturated carbocycles. The number of nitrogens with one attached hydrogen (secondary N) is 1. The van der Waals surface area contributed by atoms with Gasteiger partial charge in [0.2, 0.25) is 0 Å². The molecule has 1 amide bonds. The van der Waals surface area contributed by atoms with E-state index in [1.807, 2.05) is 48.2 Å². The van der Waals surface area contributed by atoms with Crippen LogP contribution < -0.4 is 10.2 Å². The summed E-state index contributed by atoms with van der Waals surface area (Å²) in [5.74, 6) is 3.89. The molecule has 0 unspecified atom stereocenters. The Morgan fingerprint density at radius 1 is 1.15 bits per heavy atom. The molecular formula is C20H20N4O2S. The summed E-state index contributed by atoms with van der Waals surface area (Å²) in [6.07, 6.45) is 3.22. The lowest BCUT2D eigenvalue weighted by molar-refractivity contribution is 0.0948. The van der Waals surface area contributed by atoms with Crippen LogP contribution in [0.2, 0.25) is 0 Å². The minimum absolute atomic E-state index is 0.195. The van der Waals surface area contributed by atoms with E-state index in [9.17, 15) is 4.79 Å². The van der Waals surface area contributed by atoms with Crippen LogP contribution in [0.5, 0.6) is 0 Å². The zero-order valence-corrected chi connectivity index (χ0v) is 15.6. The van der Waals surface area contributed by atoms with Gasteiger partial charge in [0.25, 0.3) is 5.91 Å². The van der Waals surface area contributed by atoms with Crippen LogP contribution in [0.3, 0.4) is 0 Å². The van der Waals surface area contributed by atoms with Crippen LogP contribution in [-0.2, 0) is 6.54 Å². The monoisotopic (exact) mass is 380 g/mol. The van der Waals surface area contributed by atoms with E-state index in [1.165, 1.54) is 0 Å². The van der Waals surface area contributed by atoms with E-state index in [2.05, 4.69) is 15.2 Å². The molecule has 1 saturated heterocycles. The maximum absolute atomic E-state index is 12.8. The maximum atomic E-state index is 12.8. The highest BCUT2D eigenvalue weighted by Gasteiger charge is 2.22. The van der Waals surface area contributed by atoms with E-state index < -0.39 is 0 Å². The molecule has 0 aliphatic carbocycles. The van der Waals surface area contributed by atoms with Crippen LogP contribution in [0, 0.1) is 0 Å². The molecule has 4 rings (SSSR count). The summed E-state index contributed by atoms with van der Waals surface area (Å²) in [4.78, 5) is 24.2. The largest absolute Gasteiger partial charge is 0.467 e. The summed E-state index contributed by atoms with van der Waals surface area (Å²) in [6.45, 7) is 2.07. The van der Waals surface area contributed by atoms with E-state index >= 15 is 0 Å². The Hall–Kier alpha value is -2.80. The quantitative estimate of drug-likeness (QED) is 0.733. The lowest BCUT2D eigenvalue weighted by atomic mass is 10.2. The summed E-state index contributed by atoms with van der Waals surface area (Å²) >= 11 is 1.92. The fraction of sp³-hybridized carbons (Fsp3) is 0.250. The van der Waals surface area contributed by atoms with Gasteiger partial charge in [0.05, 0.1) is 12.8 Å². The predicted molar refractivity (Wildman–Crippen MR) is 107 cm³/mol. The molecule has 3 heterocycles. The van der Waals surface area contributed by atoms with Crippen molar-refractivity contribution in [1.82, 2.24) is 15.3 Å². The van der Waals surface area contributed by atoms with Crippen molar-refractivity contribution in [2.24, 2.45) is 0 Å². The number of hydrogen-bond acceptors (Lipinski definition) is 6. The van der Waals surface area contributed by atoms with Crippen LogP contribution >= 0.6 is 11.8 Å². The standard InChI is InChI=1S/C20H20N4O2S/c25-20(22-13-16-7-4-10-26-16)17-14-21-18(15-5-2-1-3-6-15)23-19(17)24-8-11-27-12-9-24/h1-7,10,14H,8-9,11-13H2,(H,22,25). The van der Waals surface area contributed by atoms with Crippen molar-refractivity contribution in [2.75, 3.05) is 29.5 Å². The summed E-state index contributed by atoms with van der Waals surface area (Å²) in [5.41, 5.74) is 1.43. The Morgan fingerprint density at radius 3 is 2.70 bits per heavy atom. The molecule has 1 aromatic carbocycles. The molecule has 1 aliphatic heterocycles. The van der Waals surface area contributed by atoms with Crippen molar-refractivity contribution in [1.29, 1.82) is 0 Å². The molecule has 0 bridgehead atoms. The molecule has 2 aromatic heterocycles. The Morgan fingerprint density at radius 2 is 1.96 bits per heavy atom. The number of anilines is 1. The first-order chi connectivity index (χ1) is 13.3. The number of carbonyl (C=O) groups is 1. The van der Waals surface area contributed by atoms with Gasteiger partial charge in [0.15, 0.2) is 5.82 Å². The fourth-order valence-electron chi connectivity index (χ4n) is 2.95. The Balaban J connectivity index is 1.63. The molecule has 1 aliphatic rings. The molecule has 0 spiro atoms. The number of furan rings is 1. The van der Waals surface area contributed by atoms with Gasteiger partial charge in [-0.15, -0.1) is 0 Å². The summed E-state index contributed by atoms with van der Waals surface area (Å²) in [7, 11) is 0. The lowest BCUT2D eigenvalue weighted by Crippen LogP contribution is -2.36. The summed E-state index contributed by atoms with van der Waals surface area (Å²) in [6, 6.07) is 13.5. The normalized spacial score (nSPS) is 14.1. The number of rotatable bonds is 5. The Labute approximate surface area is 162 Å². The van der Waals surface area contributed by atoms with Gasteiger partial charge < -0.3 is 14.6 Å². The van der Waals surface area contributed by atoms with E-state index in [0.29, 0.717) is 29.5 Å². The van der Waals surface area contributed by atoms with Gasteiger partial charge in [0, 0.05) is 36.4 Å². The number of thioether (sulfide) groups is 1. The highest BCUT2D eigenvalue weighted by atomic mass is 32.2. The van der Waals surface area contributed by atoms with Crippen molar-refractivity contribution < 1.29 is 9.21 Å². The average Bonchev–Trinajstić information content (AvgIpc) is 3.26. The molecular weight excluding hydrogens is 360 g/mol. The number of benzene rings is 1. The highest BCUT2D eigenvalue weighted by Crippen LogP contribution is 2.25. The third kappa shape index (κ3) is 4.14. The van der Waals surface area contributed by atoms with Crippen LogP contribution in [0.15, 0.2) is 59.3 Å². The molecule has 1 N–H and O–H groups in total. The zero-order chi connectivity index (χ0) is 18.5. The molecule has 138 valence electrons. The molecule has 7 heteroatoms. The smallest absolute Gasteiger partial charge is 0.256 e. The first kappa shape index (κ1) is 17.6. The third-order valence-electron chi connectivity index (χ3n) is 4.36. The molecule has 3 aromatic rings. The van der Waals surface area contributed by atoms with E-state index in [4.69, 9.17) is 9.40 Å². The van der Waals surface area contributed by atoms with Crippen molar-refractivity contribution >= 4 is 23.5 Å². The van der Waals surface area contributed by atoms with Gasteiger partial charge in [-0.25, -0.2) is 9.97 Å². The molecule has 27 heavy (non-hydrogen) atoms. The summed E-state index contributed by atoms with van der Waals surface area (Å²) < 4.78 is 5.28. The van der Waals surface area contributed by atoms with Crippen molar-refractivity contribution in [2.45, 2.75) is 6.54 Å². The number of aromatic nitrogens is 2. The number of hydrogen-bond donors (Lipinski definition) is 1. The number of carbonyl (C=O) groups excluding carboxylic acids is 1. The topological polar surface area (TPSA) is 71.3 Å². The van der Waals surface area contributed by atoms with Gasteiger partial charge in [0.1, 0.15) is 17.1 Å². The second-order valence-electron chi connectivity index (χ2n) is 6.16. The Bertz CT molecular complexity index is 894. The molecule has 0 radical (unpaired) electrons. The minimum atomic E-state index is -0.195. The predicted octanol–water partition coefficient (Wildman–Crippen LogP) is 3.22. The fourth-order valence-corrected chi connectivity index (χ4v) is 3.85. The van der Waals surface area contributed by atoms with Gasteiger partial charge in [-0.3, -0.25) is 4.79 Å². The van der Waals surface area contributed by atoms with Crippen molar-refractivity contribution in [3.05, 3.63) is 66.2 Å². The SMILES string of the molecule is O=C(NCc1ccco1)c1cnc(-c2ccccc2)nc1N1CCSCC1. The van der Waals surface area contributed by atoms with Gasteiger partial charge >= 0.3 is 0 Å². The first-order valence-corrected chi connectivity index (χ1v) is 10.0. The van der Waals surface area contributed by atoms with Gasteiger partial charge in [-0.1, -0.05) is 30.3 Å². The number of amides is 1. The molecule has 6 nitrogen and oxygen atoms in total.